The van der Waals surface area contributed by atoms with Gasteiger partial charge in [-0.1, -0.05) is 18.2 Å². The number of hydrogen-bond donors (Lipinski definition) is 5. The van der Waals surface area contributed by atoms with Crippen molar-refractivity contribution in [3.8, 4) is 0 Å². The molecule has 2 atom stereocenters. The first kappa shape index (κ1) is 21.6. The summed E-state index contributed by atoms with van der Waals surface area (Å²) in [5.41, 5.74) is -1.78. The summed E-state index contributed by atoms with van der Waals surface area (Å²) in [7, 11) is 0. The fourth-order valence-electron chi connectivity index (χ4n) is 2.15. The molecule has 1 aromatic carbocycles. The van der Waals surface area contributed by atoms with Gasteiger partial charge in [-0.2, -0.15) is 0 Å². The highest BCUT2D eigenvalue weighted by Gasteiger charge is 2.47. The number of carboxylic acid groups (broad SMARTS) is 1. The fourth-order valence-corrected chi connectivity index (χ4v) is 2.15. The van der Waals surface area contributed by atoms with Crippen LogP contribution in [-0.4, -0.2) is 56.1 Å². The van der Waals surface area contributed by atoms with Crippen LogP contribution in [-0.2, 0) is 25.7 Å². The number of anilines is 1. The highest BCUT2D eigenvalue weighted by molar-refractivity contribution is 5.93. The molecule has 0 aliphatic rings. The molecule has 0 spiro atoms. The summed E-state index contributed by atoms with van der Waals surface area (Å²) in [6.07, 6.45) is -3.67. The van der Waals surface area contributed by atoms with E-state index in [1.807, 2.05) is 0 Å². The lowest BCUT2D eigenvalue weighted by Crippen LogP contribution is -2.56. The molecule has 5 N–H and O–H groups in total. The van der Waals surface area contributed by atoms with Crippen molar-refractivity contribution in [1.82, 2.24) is 0 Å². The van der Waals surface area contributed by atoms with E-state index in [1.54, 1.807) is 18.2 Å². The average Bonchev–Trinajstić information content (AvgIpc) is 2.57. The second-order valence-electron chi connectivity index (χ2n) is 5.85. The molecular formula is C17H23NO8. The van der Waals surface area contributed by atoms with E-state index >= 15 is 0 Å². The number of carbonyl (C=O) groups excluding carboxylic acids is 2. The van der Waals surface area contributed by atoms with Crippen LogP contribution >= 0.6 is 0 Å². The van der Waals surface area contributed by atoms with E-state index in [0.29, 0.717) is 11.3 Å². The molecule has 0 aliphatic carbocycles. The second-order valence-corrected chi connectivity index (χ2v) is 5.85. The summed E-state index contributed by atoms with van der Waals surface area (Å²) in [5, 5.41) is 40.4. The fraction of sp³-hybridized carbons (Fsp3) is 0.471. The van der Waals surface area contributed by atoms with Crippen LogP contribution in [0.3, 0.4) is 0 Å². The minimum atomic E-state index is -2.49. The van der Waals surface area contributed by atoms with Crippen LogP contribution in [0.5, 0.6) is 0 Å². The Morgan fingerprint density at radius 2 is 1.69 bits per heavy atom. The lowest BCUT2D eigenvalue weighted by molar-refractivity contribution is -0.194. The van der Waals surface area contributed by atoms with Crippen molar-refractivity contribution in [2.24, 2.45) is 0 Å². The zero-order valence-electron chi connectivity index (χ0n) is 14.5. The number of aliphatic hydroxyl groups excluding tert-OH is 2. The molecule has 1 aromatic rings. The SMILES string of the molecule is C[C@@H](O)C(O)(C(=O)OCc1ccccc1NC(=O)CCC(=O)O)[C@@H](C)O. The van der Waals surface area contributed by atoms with Crippen LogP contribution in [0.15, 0.2) is 24.3 Å². The highest BCUT2D eigenvalue weighted by atomic mass is 16.6. The van der Waals surface area contributed by atoms with Crippen molar-refractivity contribution in [2.45, 2.75) is 51.1 Å². The van der Waals surface area contributed by atoms with Gasteiger partial charge in [-0.3, -0.25) is 9.59 Å². The molecular weight excluding hydrogens is 346 g/mol. The molecule has 0 saturated carbocycles. The first-order chi connectivity index (χ1) is 12.1. The smallest absolute Gasteiger partial charge is 0.343 e. The van der Waals surface area contributed by atoms with E-state index in [1.165, 1.54) is 6.07 Å². The molecule has 1 amide bonds. The molecule has 144 valence electrons. The number of aliphatic hydroxyl groups is 3. The summed E-state index contributed by atoms with van der Waals surface area (Å²) >= 11 is 0. The minimum absolute atomic E-state index is 0.215. The molecule has 0 radical (unpaired) electrons. The van der Waals surface area contributed by atoms with Crippen LogP contribution in [0, 0.1) is 0 Å². The van der Waals surface area contributed by atoms with E-state index in [9.17, 15) is 29.7 Å². The summed E-state index contributed by atoms with van der Waals surface area (Å²) in [6.45, 7) is 1.95. The Bertz CT molecular complexity index is 648. The zero-order chi connectivity index (χ0) is 19.9. The number of ether oxygens (including phenoxy) is 1. The first-order valence-electron chi connectivity index (χ1n) is 7.94. The van der Waals surface area contributed by atoms with Gasteiger partial charge in [-0.25, -0.2) is 4.79 Å². The average molecular weight is 369 g/mol. The number of amides is 1. The Morgan fingerprint density at radius 1 is 1.12 bits per heavy atom. The summed E-state index contributed by atoms with van der Waals surface area (Å²) in [4.78, 5) is 34.3. The molecule has 0 saturated heterocycles. The molecule has 0 aromatic heterocycles. The van der Waals surface area contributed by atoms with Gasteiger partial charge >= 0.3 is 11.9 Å². The summed E-state index contributed by atoms with van der Waals surface area (Å²) in [6, 6.07) is 6.35. The van der Waals surface area contributed by atoms with Gasteiger partial charge in [0.15, 0.2) is 0 Å². The number of carboxylic acids is 1. The van der Waals surface area contributed by atoms with E-state index in [0.717, 1.165) is 13.8 Å². The standard InChI is InChI=1S/C17H23NO8/c1-10(19)17(25,11(2)20)16(24)26-9-12-5-3-4-6-13(12)18-14(21)7-8-15(22)23/h3-6,10-11,19-20,25H,7-9H2,1-2H3,(H,18,21)(H,22,23)/t10-,11-/m1/s1. The normalized spacial score (nSPS) is 13.6. The monoisotopic (exact) mass is 369 g/mol. The number of hydrogen-bond acceptors (Lipinski definition) is 7. The van der Waals surface area contributed by atoms with Gasteiger partial charge in [0.25, 0.3) is 0 Å². The van der Waals surface area contributed by atoms with Crippen LogP contribution in [0.1, 0.15) is 32.3 Å². The second kappa shape index (κ2) is 9.27. The number of para-hydroxylation sites is 1. The highest BCUT2D eigenvalue weighted by Crippen LogP contribution is 2.21. The maximum absolute atomic E-state index is 12.1. The van der Waals surface area contributed by atoms with Gasteiger partial charge in [0.1, 0.15) is 6.61 Å². The molecule has 0 aliphatic heterocycles. The predicted octanol–water partition coefficient (Wildman–Crippen LogP) is 0.0258. The van der Waals surface area contributed by atoms with Crippen molar-refractivity contribution in [1.29, 1.82) is 0 Å². The summed E-state index contributed by atoms with van der Waals surface area (Å²) in [5.74, 6) is -2.83. The van der Waals surface area contributed by atoms with Gasteiger partial charge in [0.2, 0.25) is 11.5 Å². The Kier molecular flexibility index (Phi) is 7.69. The number of carbonyl (C=O) groups is 3. The van der Waals surface area contributed by atoms with Gasteiger partial charge in [-0.15, -0.1) is 0 Å². The van der Waals surface area contributed by atoms with Gasteiger partial charge in [0, 0.05) is 17.7 Å². The van der Waals surface area contributed by atoms with Crippen molar-refractivity contribution in [2.75, 3.05) is 5.32 Å². The molecule has 0 unspecified atom stereocenters. The maximum atomic E-state index is 12.1. The third kappa shape index (κ3) is 5.51. The number of nitrogens with one attached hydrogen (secondary N) is 1. The molecule has 26 heavy (non-hydrogen) atoms. The Hall–Kier alpha value is -2.49. The van der Waals surface area contributed by atoms with Crippen molar-refractivity contribution in [3.05, 3.63) is 29.8 Å². The van der Waals surface area contributed by atoms with Crippen LogP contribution in [0.4, 0.5) is 5.69 Å². The quantitative estimate of drug-likeness (QED) is 0.382. The minimum Gasteiger partial charge on any atom is -0.481 e. The molecule has 9 heteroatoms. The van der Waals surface area contributed by atoms with Gasteiger partial charge < -0.3 is 30.5 Å². The Morgan fingerprint density at radius 3 is 2.23 bits per heavy atom. The Balaban J connectivity index is 2.81. The zero-order valence-corrected chi connectivity index (χ0v) is 14.5. The van der Waals surface area contributed by atoms with E-state index in [2.05, 4.69) is 5.32 Å². The van der Waals surface area contributed by atoms with Crippen LogP contribution in [0.2, 0.25) is 0 Å². The maximum Gasteiger partial charge on any atom is 0.343 e. The van der Waals surface area contributed by atoms with Crippen molar-refractivity contribution < 1.29 is 39.5 Å². The lowest BCUT2D eigenvalue weighted by atomic mass is 9.92. The molecule has 1 rings (SSSR count). The van der Waals surface area contributed by atoms with Crippen LogP contribution < -0.4 is 5.32 Å². The molecule has 9 nitrogen and oxygen atoms in total. The number of esters is 1. The molecule has 0 fully saturated rings. The van der Waals surface area contributed by atoms with E-state index in [4.69, 9.17) is 9.84 Å². The van der Waals surface area contributed by atoms with E-state index in [-0.39, 0.29) is 19.4 Å². The van der Waals surface area contributed by atoms with Gasteiger partial charge in [0.05, 0.1) is 18.6 Å². The third-order valence-electron chi connectivity index (χ3n) is 3.82. The first-order valence-corrected chi connectivity index (χ1v) is 7.94. The van der Waals surface area contributed by atoms with E-state index < -0.39 is 35.7 Å². The topological polar surface area (TPSA) is 153 Å². The number of aliphatic carboxylic acids is 1. The number of benzene rings is 1. The third-order valence-corrected chi connectivity index (χ3v) is 3.82. The molecule has 0 heterocycles. The van der Waals surface area contributed by atoms with Crippen LogP contribution in [0.25, 0.3) is 0 Å². The van der Waals surface area contributed by atoms with Crippen molar-refractivity contribution in [3.63, 3.8) is 0 Å². The number of rotatable bonds is 9. The lowest BCUT2D eigenvalue weighted by Gasteiger charge is -2.31. The predicted molar refractivity (Wildman–Crippen MR) is 90.0 cm³/mol. The van der Waals surface area contributed by atoms with Crippen molar-refractivity contribution >= 4 is 23.5 Å². The van der Waals surface area contributed by atoms with Gasteiger partial charge in [-0.05, 0) is 19.9 Å². The largest absolute Gasteiger partial charge is 0.481 e. The summed E-state index contributed by atoms with van der Waals surface area (Å²) < 4.78 is 4.98. The Labute approximate surface area is 150 Å². The molecule has 0 bridgehead atoms.